The first-order chi connectivity index (χ1) is 9.88. The van der Waals surface area contributed by atoms with Gasteiger partial charge in [0.05, 0.1) is 11.3 Å². The van der Waals surface area contributed by atoms with Crippen LogP contribution in [0.25, 0.3) is 0 Å². The number of alkyl halides is 3. The average Bonchev–Trinajstić information content (AvgIpc) is 2.47. The van der Waals surface area contributed by atoms with Crippen molar-refractivity contribution in [1.82, 2.24) is 10.3 Å². The number of nitrogens with zero attached hydrogens (tertiary/aromatic N) is 1. The monoisotopic (exact) mass is 294 g/mol. The first-order valence-corrected chi connectivity index (χ1v) is 6.72. The van der Waals surface area contributed by atoms with Crippen molar-refractivity contribution in [3.05, 3.63) is 65.5 Å². The summed E-state index contributed by atoms with van der Waals surface area (Å²) in [5, 5.41) is 3.26. The highest BCUT2D eigenvalue weighted by molar-refractivity contribution is 5.28. The van der Waals surface area contributed by atoms with Crippen molar-refractivity contribution in [3.8, 4) is 0 Å². The van der Waals surface area contributed by atoms with E-state index in [0.717, 1.165) is 11.8 Å². The van der Waals surface area contributed by atoms with E-state index in [1.54, 1.807) is 12.3 Å². The average molecular weight is 294 g/mol. The lowest BCUT2D eigenvalue weighted by Gasteiger charge is -2.21. The zero-order valence-corrected chi connectivity index (χ0v) is 11.9. The minimum Gasteiger partial charge on any atom is -0.302 e. The van der Waals surface area contributed by atoms with Gasteiger partial charge in [0.2, 0.25) is 0 Å². The fourth-order valence-corrected chi connectivity index (χ4v) is 2.17. The summed E-state index contributed by atoms with van der Waals surface area (Å²) >= 11 is 0. The fraction of sp³-hybridized carbons (Fsp3) is 0.312. The lowest BCUT2D eigenvalue weighted by molar-refractivity contribution is -0.137. The number of nitrogens with one attached hydrogen (secondary N) is 1. The Balaban J connectivity index is 2.12. The normalized spacial score (nSPS) is 14.7. The summed E-state index contributed by atoms with van der Waals surface area (Å²) in [5.41, 5.74) is 0.836. The van der Waals surface area contributed by atoms with E-state index in [0.29, 0.717) is 5.56 Å². The Bertz CT molecular complexity index is 582. The van der Waals surface area contributed by atoms with Crippen molar-refractivity contribution in [1.29, 1.82) is 0 Å². The maximum atomic E-state index is 12.7. The molecule has 5 heteroatoms. The second-order valence-corrected chi connectivity index (χ2v) is 4.99. The lowest BCUT2D eigenvalue weighted by Crippen LogP contribution is -2.23. The van der Waals surface area contributed by atoms with Crippen LogP contribution in [0.3, 0.4) is 0 Å². The molecule has 112 valence electrons. The van der Waals surface area contributed by atoms with Gasteiger partial charge in [-0.1, -0.05) is 18.2 Å². The van der Waals surface area contributed by atoms with Crippen molar-refractivity contribution >= 4 is 0 Å². The number of rotatable bonds is 4. The smallest absolute Gasteiger partial charge is 0.302 e. The molecule has 0 aliphatic rings. The first kappa shape index (κ1) is 15.5. The largest absolute Gasteiger partial charge is 0.416 e. The van der Waals surface area contributed by atoms with Crippen molar-refractivity contribution in [2.24, 2.45) is 0 Å². The van der Waals surface area contributed by atoms with E-state index in [9.17, 15) is 13.2 Å². The molecular weight excluding hydrogens is 277 g/mol. The summed E-state index contributed by atoms with van der Waals surface area (Å²) in [6.07, 6.45) is -2.62. The third-order valence-electron chi connectivity index (χ3n) is 3.35. The molecule has 1 N–H and O–H groups in total. The van der Waals surface area contributed by atoms with E-state index in [2.05, 4.69) is 10.3 Å². The molecule has 0 saturated carbocycles. The van der Waals surface area contributed by atoms with Gasteiger partial charge in [-0.2, -0.15) is 13.2 Å². The standard InChI is InChI=1S/C16H17F3N2/c1-11(21-12(2)15-8-3-4-9-20-15)13-6-5-7-14(10-13)16(17,18)19/h3-12,21H,1-2H3/t11?,12-/m0/s1. The molecule has 2 rings (SSSR count). The maximum absolute atomic E-state index is 12.7. The number of hydrogen-bond acceptors (Lipinski definition) is 2. The van der Waals surface area contributed by atoms with Crippen LogP contribution in [0, 0.1) is 0 Å². The Morgan fingerprint density at radius 2 is 1.76 bits per heavy atom. The zero-order valence-electron chi connectivity index (χ0n) is 11.9. The molecule has 2 atom stereocenters. The van der Waals surface area contributed by atoms with E-state index in [4.69, 9.17) is 0 Å². The molecular formula is C16H17F3N2. The van der Waals surface area contributed by atoms with Crippen molar-refractivity contribution in [2.45, 2.75) is 32.1 Å². The minimum atomic E-state index is -4.32. The molecule has 1 aromatic heterocycles. The van der Waals surface area contributed by atoms with Gasteiger partial charge in [0.15, 0.2) is 0 Å². The van der Waals surface area contributed by atoms with Gasteiger partial charge in [-0.25, -0.2) is 0 Å². The highest BCUT2D eigenvalue weighted by atomic mass is 19.4. The summed E-state index contributed by atoms with van der Waals surface area (Å²) in [6.45, 7) is 3.78. The fourth-order valence-electron chi connectivity index (χ4n) is 2.17. The lowest BCUT2D eigenvalue weighted by atomic mass is 10.0. The molecule has 2 aromatic rings. The second kappa shape index (κ2) is 6.26. The Labute approximate surface area is 122 Å². The van der Waals surface area contributed by atoms with E-state index in [-0.39, 0.29) is 12.1 Å². The molecule has 1 aromatic carbocycles. The molecule has 1 heterocycles. The van der Waals surface area contributed by atoms with Crippen LogP contribution in [0.1, 0.15) is 42.8 Å². The van der Waals surface area contributed by atoms with E-state index in [1.165, 1.54) is 12.1 Å². The Morgan fingerprint density at radius 3 is 2.38 bits per heavy atom. The SMILES string of the molecule is CC(N[C@@H](C)c1ccccn1)c1cccc(C(F)(F)F)c1. The Kier molecular flexibility index (Phi) is 4.63. The predicted molar refractivity (Wildman–Crippen MR) is 75.6 cm³/mol. The molecule has 0 spiro atoms. The van der Waals surface area contributed by atoms with Crippen molar-refractivity contribution < 1.29 is 13.2 Å². The summed E-state index contributed by atoms with van der Waals surface area (Å²) in [5.74, 6) is 0. The summed E-state index contributed by atoms with van der Waals surface area (Å²) in [7, 11) is 0. The first-order valence-electron chi connectivity index (χ1n) is 6.72. The van der Waals surface area contributed by atoms with Gasteiger partial charge in [-0.05, 0) is 43.7 Å². The third kappa shape index (κ3) is 4.04. The summed E-state index contributed by atoms with van der Waals surface area (Å²) in [6, 6.07) is 10.7. The Morgan fingerprint density at radius 1 is 1.00 bits per heavy atom. The van der Waals surface area contributed by atoms with Crippen LogP contribution in [-0.4, -0.2) is 4.98 Å². The molecule has 0 aliphatic carbocycles. The number of pyridine rings is 1. The van der Waals surface area contributed by atoms with Gasteiger partial charge in [-0.15, -0.1) is 0 Å². The number of aromatic nitrogens is 1. The van der Waals surface area contributed by atoms with Crippen LogP contribution in [0.2, 0.25) is 0 Å². The van der Waals surface area contributed by atoms with Crippen LogP contribution >= 0.6 is 0 Å². The quantitative estimate of drug-likeness (QED) is 0.897. The highest BCUT2D eigenvalue weighted by Crippen LogP contribution is 2.31. The highest BCUT2D eigenvalue weighted by Gasteiger charge is 2.30. The molecule has 1 unspecified atom stereocenters. The topological polar surface area (TPSA) is 24.9 Å². The van der Waals surface area contributed by atoms with E-state index >= 15 is 0 Å². The van der Waals surface area contributed by atoms with Crippen LogP contribution < -0.4 is 5.32 Å². The van der Waals surface area contributed by atoms with Crippen molar-refractivity contribution in [3.63, 3.8) is 0 Å². The number of halogens is 3. The van der Waals surface area contributed by atoms with Gasteiger partial charge in [0.1, 0.15) is 0 Å². The molecule has 0 bridgehead atoms. The number of hydrogen-bond donors (Lipinski definition) is 1. The van der Waals surface area contributed by atoms with Gasteiger partial charge < -0.3 is 5.32 Å². The van der Waals surface area contributed by atoms with Crippen LogP contribution in [0.15, 0.2) is 48.7 Å². The maximum Gasteiger partial charge on any atom is 0.416 e. The third-order valence-corrected chi connectivity index (χ3v) is 3.35. The number of benzene rings is 1. The molecule has 0 amide bonds. The second-order valence-electron chi connectivity index (χ2n) is 4.99. The molecule has 21 heavy (non-hydrogen) atoms. The molecule has 2 nitrogen and oxygen atoms in total. The minimum absolute atomic E-state index is 0.0456. The van der Waals surface area contributed by atoms with Crippen LogP contribution in [0.5, 0.6) is 0 Å². The molecule has 0 fully saturated rings. The van der Waals surface area contributed by atoms with E-state index in [1.807, 2.05) is 32.0 Å². The zero-order chi connectivity index (χ0) is 15.5. The van der Waals surface area contributed by atoms with Gasteiger partial charge in [-0.3, -0.25) is 4.98 Å². The van der Waals surface area contributed by atoms with Gasteiger partial charge in [0, 0.05) is 18.3 Å². The summed E-state index contributed by atoms with van der Waals surface area (Å²) < 4.78 is 38.2. The van der Waals surface area contributed by atoms with Gasteiger partial charge in [0.25, 0.3) is 0 Å². The molecule has 0 saturated heterocycles. The van der Waals surface area contributed by atoms with Gasteiger partial charge >= 0.3 is 6.18 Å². The predicted octanol–water partition coefficient (Wildman–Crippen LogP) is 4.51. The van der Waals surface area contributed by atoms with Crippen molar-refractivity contribution in [2.75, 3.05) is 0 Å². The van der Waals surface area contributed by atoms with E-state index < -0.39 is 11.7 Å². The molecule has 0 aliphatic heterocycles. The molecule has 0 radical (unpaired) electrons. The Hall–Kier alpha value is -1.88. The van der Waals surface area contributed by atoms with Crippen LogP contribution in [0.4, 0.5) is 13.2 Å². The van der Waals surface area contributed by atoms with Crippen LogP contribution in [-0.2, 0) is 6.18 Å². The summed E-state index contributed by atoms with van der Waals surface area (Å²) in [4.78, 5) is 4.24.